The summed E-state index contributed by atoms with van der Waals surface area (Å²) in [6.07, 6.45) is 2.33. The van der Waals surface area contributed by atoms with E-state index < -0.39 is 11.9 Å². The van der Waals surface area contributed by atoms with Gasteiger partial charge in [-0.2, -0.15) is 0 Å². The molecule has 0 aliphatic carbocycles. The van der Waals surface area contributed by atoms with Gasteiger partial charge in [0.1, 0.15) is 16.4 Å². The Kier molecular flexibility index (Phi) is 6.95. The summed E-state index contributed by atoms with van der Waals surface area (Å²) in [4.78, 5) is 44.5. The molecule has 0 unspecified atom stereocenters. The highest BCUT2D eigenvalue weighted by molar-refractivity contribution is 7.17. The smallest absolute Gasteiger partial charge is 0.341 e. The van der Waals surface area contributed by atoms with Crippen molar-refractivity contribution in [3.05, 3.63) is 67.9 Å². The molecule has 0 fully saturated rings. The number of aromatic nitrogens is 2. The number of nitrogens with one attached hydrogen (secondary N) is 1. The van der Waals surface area contributed by atoms with Crippen LogP contribution in [0.2, 0.25) is 0 Å². The summed E-state index contributed by atoms with van der Waals surface area (Å²) in [7, 11) is 0. The van der Waals surface area contributed by atoms with Gasteiger partial charge in [-0.25, -0.2) is 9.78 Å². The van der Waals surface area contributed by atoms with Crippen molar-refractivity contribution < 1.29 is 14.3 Å². The number of aryl methyl sites for hydroxylation is 2. The molecule has 4 rings (SSSR count). The van der Waals surface area contributed by atoms with Gasteiger partial charge in [0.25, 0.3) is 5.56 Å². The number of benzene rings is 1. The van der Waals surface area contributed by atoms with Gasteiger partial charge in [0, 0.05) is 15.8 Å². The van der Waals surface area contributed by atoms with E-state index in [1.165, 1.54) is 39.1 Å². The van der Waals surface area contributed by atoms with Crippen LogP contribution >= 0.6 is 22.7 Å². The van der Waals surface area contributed by atoms with Crippen molar-refractivity contribution in [1.29, 1.82) is 0 Å². The number of hydrogen-bond acceptors (Lipinski definition) is 7. The normalized spacial score (nSPS) is 11.1. The van der Waals surface area contributed by atoms with Crippen LogP contribution in [0.5, 0.6) is 0 Å². The van der Waals surface area contributed by atoms with Crippen molar-refractivity contribution in [3.8, 4) is 11.1 Å². The Morgan fingerprint density at radius 3 is 2.56 bits per heavy atom. The monoisotopic (exact) mass is 495 g/mol. The Hall–Kier alpha value is -3.30. The van der Waals surface area contributed by atoms with Crippen LogP contribution in [0.1, 0.15) is 40.2 Å². The van der Waals surface area contributed by atoms with Crippen LogP contribution in [-0.4, -0.2) is 28.0 Å². The molecule has 0 saturated carbocycles. The van der Waals surface area contributed by atoms with Crippen LogP contribution < -0.4 is 10.9 Å². The lowest BCUT2D eigenvalue weighted by molar-refractivity contribution is -0.116. The third-order valence-corrected chi connectivity index (χ3v) is 7.67. The minimum absolute atomic E-state index is 0.218. The number of esters is 1. The van der Waals surface area contributed by atoms with Gasteiger partial charge in [0.15, 0.2) is 0 Å². The van der Waals surface area contributed by atoms with Crippen molar-refractivity contribution in [1.82, 2.24) is 9.55 Å². The zero-order valence-corrected chi connectivity index (χ0v) is 21.1. The predicted molar refractivity (Wildman–Crippen MR) is 137 cm³/mol. The van der Waals surface area contributed by atoms with Gasteiger partial charge < -0.3 is 10.1 Å². The summed E-state index contributed by atoms with van der Waals surface area (Å²) in [6, 6.07) is 8.10. The SMILES string of the molecule is CCOC(=O)c1c(NC(=O)Cn2cnc3scc(-c4ccc(CC)cc4)c3c2=O)sc(C)c1C. The lowest BCUT2D eigenvalue weighted by Gasteiger charge is -2.09. The first-order valence-corrected chi connectivity index (χ1v) is 12.7. The van der Waals surface area contributed by atoms with E-state index >= 15 is 0 Å². The van der Waals surface area contributed by atoms with E-state index in [4.69, 9.17) is 4.74 Å². The number of nitrogens with zero attached hydrogens (tertiary/aromatic N) is 2. The van der Waals surface area contributed by atoms with Crippen LogP contribution in [0.25, 0.3) is 21.3 Å². The van der Waals surface area contributed by atoms with Gasteiger partial charge in [0.2, 0.25) is 5.91 Å². The number of fused-ring (bicyclic) bond motifs is 1. The van der Waals surface area contributed by atoms with Crippen molar-refractivity contribution >= 4 is 49.8 Å². The van der Waals surface area contributed by atoms with Gasteiger partial charge in [-0.1, -0.05) is 31.2 Å². The predicted octanol–water partition coefficient (Wildman–Crippen LogP) is 5.18. The maximum absolute atomic E-state index is 13.3. The van der Waals surface area contributed by atoms with Gasteiger partial charge in [-0.05, 0) is 43.9 Å². The highest BCUT2D eigenvalue weighted by Crippen LogP contribution is 2.33. The van der Waals surface area contributed by atoms with E-state index in [0.717, 1.165) is 28.0 Å². The number of carbonyl (C=O) groups excluding carboxylic acids is 2. The molecule has 7 nitrogen and oxygen atoms in total. The molecule has 0 saturated heterocycles. The minimum atomic E-state index is -0.475. The summed E-state index contributed by atoms with van der Waals surface area (Å²) in [6.45, 7) is 7.55. The van der Waals surface area contributed by atoms with Crippen molar-refractivity contribution in [2.75, 3.05) is 11.9 Å². The molecule has 0 aliphatic heterocycles. The molecule has 3 aromatic heterocycles. The molecular formula is C25H25N3O4S2. The fourth-order valence-corrected chi connectivity index (χ4v) is 5.67. The number of hydrogen-bond donors (Lipinski definition) is 1. The van der Waals surface area contributed by atoms with E-state index in [-0.39, 0.29) is 18.7 Å². The van der Waals surface area contributed by atoms with Crippen LogP contribution in [0.4, 0.5) is 5.00 Å². The van der Waals surface area contributed by atoms with Gasteiger partial charge >= 0.3 is 5.97 Å². The number of ether oxygens (including phenoxy) is 1. The van der Waals surface area contributed by atoms with Gasteiger partial charge in [-0.15, -0.1) is 22.7 Å². The molecule has 0 atom stereocenters. The van der Waals surface area contributed by atoms with Crippen molar-refractivity contribution in [3.63, 3.8) is 0 Å². The lowest BCUT2D eigenvalue weighted by Crippen LogP contribution is -2.28. The Balaban J connectivity index is 1.63. The van der Waals surface area contributed by atoms with Crippen LogP contribution in [0, 0.1) is 13.8 Å². The molecule has 176 valence electrons. The average molecular weight is 496 g/mol. The molecule has 0 spiro atoms. The summed E-state index contributed by atoms with van der Waals surface area (Å²) in [5.74, 6) is -0.893. The summed E-state index contributed by atoms with van der Waals surface area (Å²) < 4.78 is 6.44. The Morgan fingerprint density at radius 2 is 1.88 bits per heavy atom. The molecule has 4 aromatic rings. The van der Waals surface area contributed by atoms with E-state index in [9.17, 15) is 14.4 Å². The zero-order valence-electron chi connectivity index (χ0n) is 19.4. The number of rotatable bonds is 7. The number of amides is 1. The molecule has 1 N–H and O–H groups in total. The third-order valence-electron chi connectivity index (χ3n) is 5.67. The van der Waals surface area contributed by atoms with Gasteiger partial charge in [-0.3, -0.25) is 14.2 Å². The summed E-state index contributed by atoms with van der Waals surface area (Å²) in [5.41, 5.74) is 3.82. The van der Waals surface area contributed by atoms with Crippen LogP contribution in [0.3, 0.4) is 0 Å². The molecule has 0 radical (unpaired) electrons. The highest BCUT2D eigenvalue weighted by atomic mass is 32.1. The summed E-state index contributed by atoms with van der Waals surface area (Å²) >= 11 is 2.71. The number of thiophene rings is 2. The second-order valence-electron chi connectivity index (χ2n) is 7.81. The van der Waals surface area contributed by atoms with E-state index in [2.05, 4.69) is 17.2 Å². The average Bonchev–Trinajstić information content (AvgIpc) is 3.37. The molecule has 3 heterocycles. The Bertz CT molecular complexity index is 1430. The molecular weight excluding hydrogens is 470 g/mol. The first-order chi connectivity index (χ1) is 16.3. The molecule has 9 heteroatoms. The second-order valence-corrected chi connectivity index (χ2v) is 9.90. The van der Waals surface area contributed by atoms with E-state index in [1.807, 2.05) is 43.5 Å². The molecule has 0 aliphatic rings. The second kappa shape index (κ2) is 9.90. The fourth-order valence-electron chi connectivity index (χ4n) is 3.70. The van der Waals surface area contributed by atoms with Crippen LogP contribution in [0.15, 0.2) is 40.8 Å². The Morgan fingerprint density at radius 1 is 1.15 bits per heavy atom. The molecule has 1 amide bonds. The molecule has 0 bridgehead atoms. The maximum atomic E-state index is 13.3. The van der Waals surface area contributed by atoms with E-state index in [1.54, 1.807) is 6.92 Å². The highest BCUT2D eigenvalue weighted by Gasteiger charge is 2.22. The number of carbonyl (C=O) groups is 2. The standard InChI is InChI=1S/C25H25N3O4S2/c1-5-16-7-9-17(10-8-16)18-12-33-22-21(18)24(30)28(13-26-22)11-19(29)27-23-20(25(31)32-6-2)14(3)15(4)34-23/h7-10,12-13H,5-6,11H2,1-4H3,(H,27,29). The van der Waals surface area contributed by atoms with Gasteiger partial charge in [0.05, 0.1) is 23.9 Å². The topological polar surface area (TPSA) is 90.3 Å². The van der Waals surface area contributed by atoms with E-state index in [0.29, 0.717) is 20.8 Å². The lowest BCUT2D eigenvalue weighted by atomic mass is 10.0. The Labute approximate surface area is 205 Å². The fraction of sp³-hybridized carbons (Fsp3) is 0.280. The minimum Gasteiger partial charge on any atom is -0.462 e. The summed E-state index contributed by atoms with van der Waals surface area (Å²) in [5, 5.41) is 5.63. The van der Waals surface area contributed by atoms with Crippen molar-refractivity contribution in [2.45, 2.75) is 40.7 Å². The molecule has 34 heavy (non-hydrogen) atoms. The first-order valence-electron chi connectivity index (χ1n) is 11.0. The van der Waals surface area contributed by atoms with Crippen molar-refractivity contribution in [2.24, 2.45) is 0 Å². The largest absolute Gasteiger partial charge is 0.462 e. The quantitative estimate of drug-likeness (QED) is 0.357. The number of anilines is 1. The maximum Gasteiger partial charge on any atom is 0.341 e. The first kappa shape index (κ1) is 23.8. The molecule has 1 aromatic carbocycles. The van der Waals surface area contributed by atoms with Crippen LogP contribution in [-0.2, 0) is 22.5 Å². The third kappa shape index (κ3) is 4.53. The zero-order chi connectivity index (χ0) is 24.4.